The Balaban J connectivity index is 0.00000243. The number of hydrogen-bond donors (Lipinski definition) is 1. The van der Waals surface area contributed by atoms with Crippen LogP contribution in [0, 0.1) is 0 Å². The van der Waals surface area contributed by atoms with Crippen molar-refractivity contribution >= 4 is 11.8 Å². The molecule has 0 spiro atoms. The van der Waals surface area contributed by atoms with E-state index in [9.17, 15) is 0 Å². The van der Waals surface area contributed by atoms with Gasteiger partial charge in [-0.05, 0) is 33.7 Å². The molecule has 1 N–H and O–H groups in total. The zero-order valence-electron chi connectivity index (χ0n) is 14.5. The lowest BCUT2D eigenvalue weighted by Crippen LogP contribution is -3.00. The molecule has 0 atom stereocenters. The summed E-state index contributed by atoms with van der Waals surface area (Å²) in [6.45, 7) is 2.31. The second-order valence-electron chi connectivity index (χ2n) is 5.53. The SMILES string of the molecule is Cn1nnnc1SCCNCc1ccc(OCc2ccccc2)cc1.[Cl-]. The summed E-state index contributed by atoms with van der Waals surface area (Å²) in [5.74, 6) is 1.81. The predicted molar refractivity (Wildman–Crippen MR) is 98.4 cm³/mol. The fraction of sp³-hybridized carbons (Fsp3) is 0.278. The van der Waals surface area contributed by atoms with Crippen molar-refractivity contribution in [3.8, 4) is 5.75 Å². The van der Waals surface area contributed by atoms with Crippen LogP contribution in [-0.2, 0) is 20.2 Å². The van der Waals surface area contributed by atoms with E-state index in [1.807, 2.05) is 37.4 Å². The van der Waals surface area contributed by atoms with Crippen LogP contribution >= 0.6 is 11.8 Å². The van der Waals surface area contributed by atoms with Gasteiger partial charge in [0.1, 0.15) is 12.4 Å². The molecule has 0 fully saturated rings. The topological polar surface area (TPSA) is 64.9 Å². The molecule has 0 aliphatic rings. The van der Waals surface area contributed by atoms with Crippen molar-refractivity contribution in [2.24, 2.45) is 7.05 Å². The van der Waals surface area contributed by atoms with E-state index in [1.54, 1.807) is 16.4 Å². The van der Waals surface area contributed by atoms with Crippen LogP contribution in [0.3, 0.4) is 0 Å². The Morgan fingerprint density at radius 1 is 1.04 bits per heavy atom. The van der Waals surface area contributed by atoms with Crippen LogP contribution in [0.15, 0.2) is 59.8 Å². The number of aromatic nitrogens is 4. The van der Waals surface area contributed by atoms with Crippen molar-refractivity contribution < 1.29 is 17.1 Å². The first-order valence-corrected chi connectivity index (χ1v) is 9.11. The molecule has 0 aliphatic carbocycles. The number of hydrogen-bond acceptors (Lipinski definition) is 6. The minimum Gasteiger partial charge on any atom is -1.00 e. The van der Waals surface area contributed by atoms with E-state index >= 15 is 0 Å². The van der Waals surface area contributed by atoms with Crippen molar-refractivity contribution in [2.75, 3.05) is 12.3 Å². The smallest absolute Gasteiger partial charge is 0.209 e. The van der Waals surface area contributed by atoms with Crippen molar-refractivity contribution in [3.63, 3.8) is 0 Å². The molecule has 1 heterocycles. The standard InChI is InChI=1S/C18H21N5OS.ClH/c1-23-18(20-21-22-23)25-12-11-19-13-15-7-9-17(10-8-15)24-14-16-5-3-2-4-6-16;/h2-10,19H,11-14H2,1H3;1H/p-1. The van der Waals surface area contributed by atoms with Gasteiger partial charge in [0, 0.05) is 25.9 Å². The first-order valence-electron chi connectivity index (χ1n) is 8.13. The van der Waals surface area contributed by atoms with E-state index in [0.29, 0.717) is 6.61 Å². The lowest BCUT2D eigenvalue weighted by Gasteiger charge is -2.08. The van der Waals surface area contributed by atoms with Crippen molar-refractivity contribution in [1.29, 1.82) is 0 Å². The molecule has 2 aromatic carbocycles. The van der Waals surface area contributed by atoms with Crippen molar-refractivity contribution in [3.05, 3.63) is 65.7 Å². The summed E-state index contributed by atoms with van der Waals surface area (Å²) in [6, 6.07) is 18.4. The van der Waals surface area contributed by atoms with Gasteiger partial charge in [0.05, 0.1) is 0 Å². The number of aryl methyl sites for hydroxylation is 1. The zero-order chi connectivity index (χ0) is 17.3. The van der Waals surface area contributed by atoms with E-state index < -0.39 is 0 Å². The molecule has 0 amide bonds. The summed E-state index contributed by atoms with van der Waals surface area (Å²) in [6.07, 6.45) is 0. The number of ether oxygens (including phenoxy) is 1. The van der Waals surface area contributed by atoms with Gasteiger partial charge in [-0.2, -0.15) is 0 Å². The van der Waals surface area contributed by atoms with Gasteiger partial charge in [0.25, 0.3) is 0 Å². The molecule has 6 nitrogen and oxygen atoms in total. The van der Waals surface area contributed by atoms with Gasteiger partial charge in [0.2, 0.25) is 5.16 Å². The summed E-state index contributed by atoms with van der Waals surface area (Å²) in [5, 5.41) is 15.6. The highest BCUT2D eigenvalue weighted by Crippen LogP contribution is 2.14. The highest BCUT2D eigenvalue weighted by molar-refractivity contribution is 7.99. The first-order chi connectivity index (χ1) is 12.3. The number of benzene rings is 2. The number of rotatable bonds is 9. The van der Waals surface area contributed by atoms with Crippen LogP contribution in [0.2, 0.25) is 0 Å². The number of thioether (sulfide) groups is 1. The zero-order valence-corrected chi connectivity index (χ0v) is 16.1. The van der Waals surface area contributed by atoms with Crippen LogP contribution in [0.1, 0.15) is 11.1 Å². The van der Waals surface area contributed by atoms with E-state index in [4.69, 9.17) is 4.74 Å². The lowest BCUT2D eigenvalue weighted by atomic mass is 10.2. The van der Waals surface area contributed by atoms with Gasteiger partial charge in [-0.15, -0.1) is 5.10 Å². The highest BCUT2D eigenvalue weighted by Gasteiger charge is 2.02. The molecular weight excluding hydrogens is 370 g/mol. The molecule has 0 unspecified atom stereocenters. The molecule has 0 aliphatic heterocycles. The largest absolute Gasteiger partial charge is 1.00 e. The maximum atomic E-state index is 5.80. The third kappa shape index (κ3) is 6.33. The Labute approximate surface area is 163 Å². The van der Waals surface area contributed by atoms with Gasteiger partial charge in [-0.25, -0.2) is 4.68 Å². The quantitative estimate of drug-likeness (QED) is 0.399. The first kappa shape index (κ1) is 20.2. The van der Waals surface area contributed by atoms with Gasteiger partial charge in [-0.3, -0.25) is 0 Å². The third-order valence-corrected chi connectivity index (χ3v) is 4.60. The Kier molecular flexibility index (Phi) is 8.40. The van der Waals surface area contributed by atoms with E-state index in [1.165, 1.54) is 11.1 Å². The van der Waals surface area contributed by atoms with Gasteiger partial charge in [0.15, 0.2) is 0 Å². The van der Waals surface area contributed by atoms with Crippen molar-refractivity contribution in [1.82, 2.24) is 25.5 Å². The lowest BCUT2D eigenvalue weighted by molar-refractivity contribution is -0.00000566. The van der Waals surface area contributed by atoms with Gasteiger partial charge < -0.3 is 22.5 Å². The fourth-order valence-corrected chi connectivity index (χ4v) is 2.98. The van der Waals surface area contributed by atoms with Crippen LogP contribution in [0.5, 0.6) is 5.75 Å². The minimum atomic E-state index is 0. The van der Waals surface area contributed by atoms with E-state index in [-0.39, 0.29) is 12.4 Å². The molecule has 0 saturated carbocycles. The Bertz CT molecular complexity index is 767. The monoisotopic (exact) mass is 390 g/mol. The van der Waals surface area contributed by atoms with Crippen LogP contribution in [0.4, 0.5) is 0 Å². The normalized spacial score (nSPS) is 10.3. The molecule has 138 valence electrons. The van der Waals surface area contributed by atoms with Gasteiger partial charge >= 0.3 is 0 Å². The number of tetrazole rings is 1. The van der Waals surface area contributed by atoms with E-state index in [2.05, 4.69) is 45.1 Å². The van der Waals surface area contributed by atoms with Crippen LogP contribution in [0.25, 0.3) is 0 Å². The molecule has 1 aromatic heterocycles. The predicted octanol–water partition coefficient (Wildman–Crippen LogP) is -0.325. The van der Waals surface area contributed by atoms with E-state index in [0.717, 1.165) is 29.7 Å². The Morgan fingerprint density at radius 2 is 1.81 bits per heavy atom. The van der Waals surface area contributed by atoms with Gasteiger partial charge in [-0.1, -0.05) is 54.2 Å². The number of halogens is 1. The summed E-state index contributed by atoms with van der Waals surface area (Å²) in [7, 11) is 1.84. The molecule has 0 bridgehead atoms. The average Bonchev–Trinajstić information content (AvgIpc) is 3.06. The Hall–Kier alpha value is -2.09. The Morgan fingerprint density at radius 3 is 2.50 bits per heavy atom. The fourth-order valence-electron chi connectivity index (χ4n) is 2.24. The molecule has 0 radical (unpaired) electrons. The summed E-state index contributed by atoms with van der Waals surface area (Å²) in [5.41, 5.74) is 2.40. The third-order valence-electron chi connectivity index (χ3n) is 3.59. The van der Waals surface area contributed by atoms with Crippen LogP contribution in [-0.4, -0.2) is 32.5 Å². The maximum absolute atomic E-state index is 5.80. The maximum Gasteiger partial charge on any atom is 0.209 e. The summed E-state index contributed by atoms with van der Waals surface area (Å²) >= 11 is 1.64. The number of nitrogens with zero attached hydrogens (tertiary/aromatic N) is 4. The molecular formula is C18H21ClN5OS-. The second kappa shape index (κ2) is 10.8. The molecule has 26 heavy (non-hydrogen) atoms. The molecule has 0 saturated heterocycles. The minimum absolute atomic E-state index is 0. The highest BCUT2D eigenvalue weighted by atomic mass is 35.5. The summed E-state index contributed by atoms with van der Waals surface area (Å²) in [4.78, 5) is 0. The molecule has 3 rings (SSSR count). The molecule has 8 heteroatoms. The van der Waals surface area contributed by atoms with Crippen molar-refractivity contribution in [2.45, 2.75) is 18.3 Å². The number of nitrogens with one attached hydrogen (secondary N) is 1. The van der Waals surface area contributed by atoms with Crippen LogP contribution < -0.4 is 22.5 Å². The average molecular weight is 391 g/mol. The second-order valence-corrected chi connectivity index (χ2v) is 6.59. The molecule has 3 aromatic rings. The summed E-state index contributed by atoms with van der Waals surface area (Å²) < 4.78 is 7.48.